The molecule has 188 valence electrons. The number of anilines is 1. The Labute approximate surface area is 211 Å². The van der Waals surface area contributed by atoms with E-state index in [9.17, 15) is 15.5 Å². The van der Waals surface area contributed by atoms with Gasteiger partial charge in [-0.05, 0) is 43.4 Å². The number of nitrogens with one attached hydrogen (secondary N) is 2. The first kappa shape index (κ1) is 24.1. The van der Waals surface area contributed by atoms with Crippen molar-refractivity contribution in [3.8, 4) is 17.2 Å². The second kappa shape index (κ2) is 10.2. The fourth-order valence-electron chi connectivity index (χ4n) is 5.42. The van der Waals surface area contributed by atoms with Crippen LogP contribution in [-0.4, -0.2) is 65.3 Å². The normalized spacial score (nSPS) is 18.6. The van der Waals surface area contributed by atoms with E-state index in [2.05, 4.69) is 22.6 Å². The predicted molar refractivity (Wildman–Crippen MR) is 138 cm³/mol. The van der Waals surface area contributed by atoms with Crippen LogP contribution in [0.25, 0.3) is 11.1 Å². The van der Waals surface area contributed by atoms with Gasteiger partial charge in [0.25, 0.3) is 0 Å². The minimum absolute atomic E-state index is 0.0253. The smallest absolute Gasteiger partial charge is 0.219 e. The van der Waals surface area contributed by atoms with Crippen LogP contribution in [0.15, 0.2) is 35.8 Å². The van der Waals surface area contributed by atoms with Crippen LogP contribution < -0.4 is 10.2 Å². The summed E-state index contributed by atoms with van der Waals surface area (Å²) in [5.74, 6) is 0.437. The summed E-state index contributed by atoms with van der Waals surface area (Å²) < 4.78 is 7.26. The zero-order valence-corrected chi connectivity index (χ0v) is 21.0. The summed E-state index contributed by atoms with van der Waals surface area (Å²) in [6, 6.07) is 6.68. The maximum atomic E-state index is 12.2. The molecule has 0 atom stereocenters. The number of carbonyl (C=O) groups excluding carboxylic acids is 1. The minimum atomic E-state index is 0.0253. The van der Waals surface area contributed by atoms with Crippen LogP contribution in [0.3, 0.4) is 0 Å². The molecule has 2 N–H and O–H groups in total. The molecule has 0 aliphatic carbocycles. The summed E-state index contributed by atoms with van der Waals surface area (Å²) in [5, 5.41) is 27.2. The van der Waals surface area contributed by atoms with Gasteiger partial charge in [-0.1, -0.05) is 0 Å². The lowest BCUT2D eigenvalue weighted by Gasteiger charge is -2.38. The molecule has 0 spiro atoms. The van der Waals surface area contributed by atoms with Gasteiger partial charge in [0, 0.05) is 87.0 Å². The molecule has 9 heteroatoms. The Morgan fingerprint density at radius 2 is 2.06 bits per heavy atom. The van der Waals surface area contributed by atoms with Crippen LogP contribution in [0.2, 0.25) is 0 Å². The second-order valence-electron chi connectivity index (χ2n) is 9.82. The molecule has 2 aromatic rings. The van der Waals surface area contributed by atoms with E-state index >= 15 is 0 Å². The SMILES string of the molecule is CC(=O)N1CCC(NC2CCOCC2)=C(C(=N)N2CCCc3cc(-c4cnn(C)c4)c(C#N)cc32)C1. The molecule has 0 saturated carbocycles. The van der Waals surface area contributed by atoms with Gasteiger partial charge in [-0.25, -0.2) is 0 Å². The molecule has 0 radical (unpaired) electrons. The molecule has 5 rings (SSSR count). The van der Waals surface area contributed by atoms with E-state index in [0.717, 1.165) is 72.5 Å². The van der Waals surface area contributed by atoms with Gasteiger partial charge >= 0.3 is 0 Å². The van der Waals surface area contributed by atoms with E-state index < -0.39 is 0 Å². The Morgan fingerprint density at radius 1 is 1.25 bits per heavy atom. The first-order valence-electron chi connectivity index (χ1n) is 12.7. The Balaban J connectivity index is 1.50. The molecule has 36 heavy (non-hydrogen) atoms. The lowest BCUT2D eigenvalue weighted by Crippen LogP contribution is -2.46. The molecule has 1 aromatic carbocycles. The summed E-state index contributed by atoms with van der Waals surface area (Å²) in [4.78, 5) is 16.1. The molecule has 0 bridgehead atoms. The Bertz CT molecular complexity index is 1250. The molecule has 0 unspecified atom stereocenters. The van der Waals surface area contributed by atoms with Crippen molar-refractivity contribution in [1.29, 1.82) is 10.7 Å². The first-order chi connectivity index (χ1) is 17.4. The van der Waals surface area contributed by atoms with Crippen molar-refractivity contribution in [2.45, 2.75) is 45.1 Å². The van der Waals surface area contributed by atoms with E-state index in [-0.39, 0.29) is 5.91 Å². The van der Waals surface area contributed by atoms with Crippen LogP contribution in [0.1, 0.15) is 43.7 Å². The Kier molecular flexibility index (Phi) is 6.79. The molecular formula is C27H33N7O2. The number of aryl methyl sites for hydroxylation is 2. The lowest BCUT2D eigenvalue weighted by atomic mass is 9.92. The number of benzene rings is 1. The van der Waals surface area contributed by atoms with Gasteiger partial charge < -0.3 is 19.9 Å². The Hall–Kier alpha value is -3.64. The molecule has 1 amide bonds. The highest BCUT2D eigenvalue weighted by atomic mass is 16.5. The highest BCUT2D eigenvalue weighted by Gasteiger charge is 2.30. The summed E-state index contributed by atoms with van der Waals surface area (Å²) in [5.41, 5.74) is 6.33. The molecule has 1 fully saturated rings. The third kappa shape index (κ3) is 4.73. The van der Waals surface area contributed by atoms with Crippen molar-refractivity contribution < 1.29 is 9.53 Å². The summed E-state index contributed by atoms with van der Waals surface area (Å²) in [6.07, 6.45) is 8.10. The third-order valence-corrected chi connectivity index (χ3v) is 7.42. The van der Waals surface area contributed by atoms with E-state index in [1.54, 1.807) is 17.8 Å². The minimum Gasteiger partial charge on any atom is -0.385 e. The molecule has 1 aromatic heterocycles. The van der Waals surface area contributed by atoms with Gasteiger partial charge in [0.15, 0.2) is 0 Å². The maximum absolute atomic E-state index is 12.2. The summed E-state index contributed by atoms with van der Waals surface area (Å²) >= 11 is 0. The van der Waals surface area contributed by atoms with Crippen LogP contribution >= 0.6 is 0 Å². The molecule has 3 aliphatic heterocycles. The fraction of sp³-hybridized carbons (Fsp3) is 0.481. The molecular weight excluding hydrogens is 454 g/mol. The van der Waals surface area contributed by atoms with Gasteiger partial charge in [0.1, 0.15) is 5.84 Å². The average molecular weight is 488 g/mol. The Morgan fingerprint density at radius 3 is 2.75 bits per heavy atom. The molecule has 3 aliphatic rings. The number of amides is 1. The number of hydrogen-bond acceptors (Lipinski definition) is 6. The number of ether oxygens (including phenoxy) is 1. The number of fused-ring (bicyclic) bond motifs is 1. The third-order valence-electron chi connectivity index (χ3n) is 7.42. The van der Waals surface area contributed by atoms with E-state index in [1.165, 1.54) is 0 Å². The number of carbonyl (C=O) groups is 1. The highest BCUT2D eigenvalue weighted by Crippen LogP contribution is 2.36. The summed E-state index contributed by atoms with van der Waals surface area (Å²) in [6.45, 7) is 4.86. The second-order valence-corrected chi connectivity index (χ2v) is 9.82. The van der Waals surface area contributed by atoms with Gasteiger partial charge in [-0.3, -0.25) is 14.9 Å². The van der Waals surface area contributed by atoms with Crippen LogP contribution in [0.5, 0.6) is 0 Å². The monoisotopic (exact) mass is 487 g/mol. The first-order valence-corrected chi connectivity index (χ1v) is 12.7. The van der Waals surface area contributed by atoms with Crippen molar-refractivity contribution in [2.75, 3.05) is 37.7 Å². The van der Waals surface area contributed by atoms with Crippen molar-refractivity contribution in [2.24, 2.45) is 7.05 Å². The van der Waals surface area contributed by atoms with Crippen LogP contribution in [-0.2, 0) is 23.0 Å². The van der Waals surface area contributed by atoms with E-state index in [4.69, 9.17) is 4.74 Å². The zero-order chi connectivity index (χ0) is 25.2. The fourth-order valence-corrected chi connectivity index (χ4v) is 5.42. The quantitative estimate of drug-likeness (QED) is 0.507. The van der Waals surface area contributed by atoms with Crippen molar-refractivity contribution >= 4 is 17.4 Å². The molecule has 9 nitrogen and oxygen atoms in total. The number of nitrogens with zero attached hydrogens (tertiary/aromatic N) is 5. The van der Waals surface area contributed by atoms with Crippen molar-refractivity contribution in [3.63, 3.8) is 0 Å². The lowest BCUT2D eigenvalue weighted by molar-refractivity contribution is -0.128. The van der Waals surface area contributed by atoms with E-state index in [0.29, 0.717) is 43.5 Å². The topological polar surface area (TPSA) is 110 Å². The molecule has 4 heterocycles. The van der Waals surface area contributed by atoms with Crippen LogP contribution in [0.4, 0.5) is 5.69 Å². The van der Waals surface area contributed by atoms with Crippen molar-refractivity contribution in [3.05, 3.63) is 46.9 Å². The standard InChI is InChI=1S/C27H33N7O2/c1-18(35)33-9-5-25(31-22-6-10-36-11-7-22)24(17-33)27(29)34-8-3-4-19-12-23(20(14-28)13-26(19)34)21-15-30-32(2)16-21/h12-13,15-16,22,29,31H,3-11,17H2,1-2H3. The van der Waals surface area contributed by atoms with Crippen molar-refractivity contribution in [1.82, 2.24) is 20.0 Å². The number of rotatable bonds is 4. The van der Waals surface area contributed by atoms with E-state index in [1.807, 2.05) is 29.1 Å². The van der Waals surface area contributed by atoms with Gasteiger partial charge in [0.2, 0.25) is 5.91 Å². The maximum Gasteiger partial charge on any atom is 0.219 e. The highest BCUT2D eigenvalue weighted by molar-refractivity contribution is 6.09. The van der Waals surface area contributed by atoms with Gasteiger partial charge in [-0.15, -0.1) is 0 Å². The largest absolute Gasteiger partial charge is 0.385 e. The predicted octanol–water partition coefficient (Wildman–Crippen LogP) is 2.96. The average Bonchev–Trinajstić information content (AvgIpc) is 3.33. The van der Waals surface area contributed by atoms with Crippen LogP contribution in [0, 0.1) is 16.7 Å². The zero-order valence-electron chi connectivity index (χ0n) is 21.0. The number of aromatic nitrogens is 2. The molecule has 1 saturated heterocycles. The van der Waals surface area contributed by atoms with Gasteiger partial charge in [0.05, 0.1) is 24.4 Å². The summed E-state index contributed by atoms with van der Waals surface area (Å²) in [7, 11) is 1.87. The number of amidine groups is 1. The number of hydrogen-bond donors (Lipinski definition) is 2. The van der Waals surface area contributed by atoms with Gasteiger partial charge in [-0.2, -0.15) is 10.4 Å². The number of nitriles is 1.